The van der Waals surface area contributed by atoms with Crippen molar-refractivity contribution in [2.24, 2.45) is 0 Å². The molecule has 1 heterocycles. The number of thiophene rings is 1. The van der Waals surface area contributed by atoms with Gasteiger partial charge < -0.3 is 9.47 Å². The first kappa shape index (κ1) is 13.8. The average Bonchev–Trinajstić information content (AvgIpc) is 2.63. The lowest BCUT2D eigenvalue weighted by Crippen LogP contribution is -2.05. The predicted octanol–water partition coefficient (Wildman–Crippen LogP) is 2.95. The zero-order valence-corrected chi connectivity index (χ0v) is 10.7. The molecule has 0 aliphatic carbocycles. The van der Waals surface area contributed by atoms with Gasteiger partial charge >= 0.3 is 0 Å². The molecular weight excluding hydrogens is 268 g/mol. The maximum absolute atomic E-state index is 10.1. The molecule has 5 heteroatoms. The molecule has 0 aliphatic heterocycles. The van der Waals surface area contributed by atoms with Crippen molar-refractivity contribution >= 4 is 33.6 Å². The van der Waals surface area contributed by atoms with Crippen LogP contribution in [0.5, 0.6) is 0 Å². The van der Waals surface area contributed by atoms with Gasteiger partial charge in [-0.1, -0.05) is 0 Å². The summed E-state index contributed by atoms with van der Waals surface area (Å²) in [5.74, 6) is 0. The minimum atomic E-state index is -0.0648. The molecular formula is C9H13BrO3S. The number of carbonyl (C=O) groups is 1. The Balaban J connectivity index is 0.000000255. The summed E-state index contributed by atoms with van der Waals surface area (Å²) in [7, 11) is 3.21. The van der Waals surface area contributed by atoms with Crippen molar-refractivity contribution in [3.8, 4) is 0 Å². The molecule has 0 unspecified atom stereocenters. The van der Waals surface area contributed by atoms with Gasteiger partial charge in [0, 0.05) is 35.0 Å². The smallest absolute Gasteiger partial charge is 0.154 e. The molecule has 1 aromatic heterocycles. The van der Waals surface area contributed by atoms with Gasteiger partial charge in [0.2, 0.25) is 0 Å². The first-order chi connectivity index (χ1) is 6.65. The number of methoxy groups -OCH3 is 2. The van der Waals surface area contributed by atoms with Crippen LogP contribution in [-0.4, -0.2) is 26.8 Å². The standard InChI is InChI=1S/C5H3BrOS.C4H10O2/c6-5-3-8-2-4(5)1-7;1-4(5-2)6-3/h1-3H;4H,1-3H3. The summed E-state index contributed by atoms with van der Waals surface area (Å²) in [6.07, 6.45) is 0.769. The summed E-state index contributed by atoms with van der Waals surface area (Å²) in [6.45, 7) is 1.83. The Bertz CT molecular complexity index is 258. The third kappa shape index (κ3) is 5.49. The van der Waals surface area contributed by atoms with Crippen molar-refractivity contribution in [3.63, 3.8) is 0 Å². The normalized spacial score (nSPS) is 9.50. The summed E-state index contributed by atoms with van der Waals surface area (Å²) in [5, 5.41) is 3.68. The van der Waals surface area contributed by atoms with Crippen molar-refractivity contribution in [2.45, 2.75) is 13.2 Å². The van der Waals surface area contributed by atoms with E-state index in [0.29, 0.717) is 0 Å². The zero-order valence-electron chi connectivity index (χ0n) is 8.32. The first-order valence-electron chi connectivity index (χ1n) is 3.88. The first-order valence-corrected chi connectivity index (χ1v) is 5.61. The minimum Gasteiger partial charge on any atom is -0.356 e. The van der Waals surface area contributed by atoms with E-state index in [0.717, 1.165) is 16.3 Å². The van der Waals surface area contributed by atoms with Gasteiger partial charge in [0.1, 0.15) is 0 Å². The summed E-state index contributed by atoms with van der Waals surface area (Å²) >= 11 is 4.72. The van der Waals surface area contributed by atoms with Crippen LogP contribution in [0.2, 0.25) is 0 Å². The Morgan fingerprint density at radius 3 is 2.14 bits per heavy atom. The van der Waals surface area contributed by atoms with Gasteiger partial charge in [-0.25, -0.2) is 0 Å². The third-order valence-corrected chi connectivity index (χ3v) is 3.18. The van der Waals surface area contributed by atoms with Crippen LogP contribution in [0.3, 0.4) is 0 Å². The molecule has 1 aromatic rings. The van der Waals surface area contributed by atoms with Gasteiger partial charge in [0.25, 0.3) is 0 Å². The van der Waals surface area contributed by atoms with E-state index in [1.165, 1.54) is 11.3 Å². The highest BCUT2D eigenvalue weighted by atomic mass is 79.9. The molecule has 0 atom stereocenters. The number of aldehydes is 1. The zero-order chi connectivity index (χ0) is 11.0. The van der Waals surface area contributed by atoms with Crippen LogP contribution in [0.25, 0.3) is 0 Å². The molecule has 0 saturated heterocycles. The Morgan fingerprint density at radius 1 is 1.43 bits per heavy atom. The quantitative estimate of drug-likeness (QED) is 0.631. The molecule has 0 fully saturated rings. The molecule has 0 aliphatic rings. The number of carbonyl (C=O) groups excluding carboxylic acids is 1. The molecule has 14 heavy (non-hydrogen) atoms. The van der Waals surface area contributed by atoms with E-state index >= 15 is 0 Å². The number of halogens is 1. The van der Waals surface area contributed by atoms with Crippen LogP contribution < -0.4 is 0 Å². The highest BCUT2D eigenvalue weighted by molar-refractivity contribution is 9.10. The Labute approximate surface area is 96.2 Å². The maximum Gasteiger partial charge on any atom is 0.154 e. The van der Waals surface area contributed by atoms with Crippen molar-refractivity contribution < 1.29 is 14.3 Å². The van der Waals surface area contributed by atoms with Crippen molar-refractivity contribution in [3.05, 3.63) is 20.8 Å². The summed E-state index contributed by atoms with van der Waals surface area (Å²) < 4.78 is 10.2. The SMILES string of the molecule is COC(C)OC.O=Cc1cscc1Br. The lowest BCUT2D eigenvalue weighted by molar-refractivity contribution is -0.0877. The molecule has 1 rings (SSSR count). The van der Waals surface area contributed by atoms with Gasteiger partial charge in [-0.15, -0.1) is 0 Å². The van der Waals surface area contributed by atoms with Gasteiger partial charge in [-0.3, -0.25) is 4.79 Å². The predicted molar refractivity (Wildman–Crippen MR) is 60.9 cm³/mol. The van der Waals surface area contributed by atoms with E-state index in [-0.39, 0.29) is 6.29 Å². The molecule has 80 valence electrons. The van der Waals surface area contributed by atoms with Crippen LogP contribution in [0.1, 0.15) is 17.3 Å². The third-order valence-electron chi connectivity index (χ3n) is 1.43. The van der Waals surface area contributed by atoms with Crippen molar-refractivity contribution in [2.75, 3.05) is 14.2 Å². The van der Waals surface area contributed by atoms with Gasteiger partial charge in [-0.05, 0) is 22.9 Å². The van der Waals surface area contributed by atoms with Gasteiger partial charge in [-0.2, -0.15) is 11.3 Å². The Morgan fingerprint density at radius 2 is 2.00 bits per heavy atom. The number of ether oxygens (including phenoxy) is 2. The van der Waals surface area contributed by atoms with E-state index in [9.17, 15) is 4.79 Å². The summed E-state index contributed by atoms with van der Waals surface area (Å²) in [5.41, 5.74) is 0.731. The highest BCUT2D eigenvalue weighted by Gasteiger charge is 1.95. The summed E-state index contributed by atoms with van der Waals surface area (Å²) in [6, 6.07) is 0. The largest absolute Gasteiger partial charge is 0.356 e. The van der Waals surface area contributed by atoms with Crippen LogP contribution in [0.15, 0.2) is 15.2 Å². The number of rotatable bonds is 3. The molecule has 0 bridgehead atoms. The van der Waals surface area contributed by atoms with Gasteiger partial charge in [0.05, 0.1) is 0 Å². The monoisotopic (exact) mass is 280 g/mol. The van der Waals surface area contributed by atoms with Crippen LogP contribution in [0, 0.1) is 0 Å². The molecule has 0 N–H and O–H groups in total. The topological polar surface area (TPSA) is 35.5 Å². The Hall–Kier alpha value is -0.230. The lowest BCUT2D eigenvalue weighted by atomic mass is 10.4. The lowest BCUT2D eigenvalue weighted by Gasteiger charge is -2.03. The fraction of sp³-hybridized carbons (Fsp3) is 0.444. The minimum absolute atomic E-state index is 0.0648. The Kier molecular flexibility index (Phi) is 7.98. The van der Waals surface area contributed by atoms with E-state index in [1.54, 1.807) is 19.6 Å². The van der Waals surface area contributed by atoms with E-state index in [4.69, 9.17) is 0 Å². The second-order valence-corrected chi connectivity index (χ2v) is 3.93. The fourth-order valence-electron chi connectivity index (χ4n) is 0.472. The number of hydrogen-bond acceptors (Lipinski definition) is 4. The highest BCUT2D eigenvalue weighted by Crippen LogP contribution is 2.18. The van der Waals surface area contributed by atoms with Crippen LogP contribution in [0.4, 0.5) is 0 Å². The molecule has 0 aromatic carbocycles. The molecule has 0 saturated carbocycles. The maximum atomic E-state index is 10.1. The molecule has 0 amide bonds. The van der Waals surface area contributed by atoms with E-state index in [1.807, 2.05) is 12.3 Å². The second-order valence-electron chi connectivity index (χ2n) is 2.33. The van der Waals surface area contributed by atoms with Gasteiger partial charge in [0.15, 0.2) is 12.6 Å². The van der Waals surface area contributed by atoms with Crippen LogP contribution >= 0.6 is 27.3 Å². The second kappa shape index (κ2) is 8.11. The average molecular weight is 281 g/mol. The van der Waals surface area contributed by atoms with E-state index in [2.05, 4.69) is 25.4 Å². The number of hydrogen-bond donors (Lipinski definition) is 0. The van der Waals surface area contributed by atoms with E-state index < -0.39 is 0 Å². The van der Waals surface area contributed by atoms with Crippen molar-refractivity contribution in [1.82, 2.24) is 0 Å². The van der Waals surface area contributed by atoms with Crippen molar-refractivity contribution in [1.29, 1.82) is 0 Å². The van der Waals surface area contributed by atoms with Crippen LogP contribution in [-0.2, 0) is 9.47 Å². The molecule has 0 radical (unpaired) electrons. The molecule has 3 nitrogen and oxygen atoms in total. The fourth-order valence-corrected chi connectivity index (χ4v) is 1.81. The summed E-state index contributed by atoms with van der Waals surface area (Å²) in [4.78, 5) is 10.1. The molecule has 0 spiro atoms.